The molecular weight excluding hydrogens is 448 g/mol. The quantitative estimate of drug-likeness (QED) is 0.246. The van der Waals surface area contributed by atoms with Gasteiger partial charge in [-0.05, 0) is 62.6 Å². The molecule has 1 atom stereocenters. The highest BCUT2D eigenvalue weighted by atomic mass is 16.5. The minimum absolute atomic E-state index is 0.331. The fraction of sp³-hybridized carbons (Fsp3) is 0.345. The van der Waals surface area contributed by atoms with Gasteiger partial charge >= 0.3 is 0 Å². The van der Waals surface area contributed by atoms with Crippen LogP contribution in [-0.2, 0) is 0 Å². The lowest BCUT2D eigenvalue weighted by molar-refractivity contribution is 0.466. The molecule has 0 bridgehead atoms. The van der Waals surface area contributed by atoms with Crippen LogP contribution in [0.1, 0.15) is 38.2 Å². The van der Waals surface area contributed by atoms with Crippen molar-refractivity contribution in [2.24, 2.45) is 0 Å². The molecule has 5 rings (SSSR count). The van der Waals surface area contributed by atoms with E-state index in [-0.39, 0.29) is 0 Å². The first kappa shape index (κ1) is 24.0. The standard InChI is InChI=1S/C29H34N6O/c1-3-4-16-31-25-11-5-9-23-22(25)13-12-20(2)27(23)36-28-24(10-7-17-32-28)26-14-18-33-29(35-26)34-21-8-6-15-30-19-21/h5,7,9-14,17-18,21,30-31H,3-4,6,8,15-16,19H2,1-2H3,(H,33,34,35)/t21-/m0/s1. The smallest absolute Gasteiger partial charge is 0.228 e. The van der Waals surface area contributed by atoms with Gasteiger partial charge in [0, 0.05) is 48.0 Å². The summed E-state index contributed by atoms with van der Waals surface area (Å²) in [7, 11) is 0. The maximum absolute atomic E-state index is 6.55. The van der Waals surface area contributed by atoms with Crippen LogP contribution in [0, 0.1) is 6.92 Å². The van der Waals surface area contributed by atoms with E-state index in [9.17, 15) is 0 Å². The molecule has 7 nitrogen and oxygen atoms in total. The normalized spacial score (nSPS) is 15.6. The van der Waals surface area contributed by atoms with E-state index in [2.05, 4.69) is 70.1 Å². The van der Waals surface area contributed by atoms with Crippen LogP contribution in [0.4, 0.5) is 11.6 Å². The molecule has 3 N–H and O–H groups in total. The highest BCUT2D eigenvalue weighted by Gasteiger charge is 2.17. The Balaban J connectivity index is 1.46. The summed E-state index contributed by atoms with van der Waals surface area (Å²) in [6.45, 7) is 7.21. The van der Waals surface area contributed by atoms with Crippen molar-refractivity contribution in [2.45, 2.75) is 45.6 Å². The summed E-state index contributed by atoms with van der Waals surface area (Å²) in [4.78, 5) is 13.8. The van der Waals surface area contributed by atoms with Crippen LogP contribution >= 0.6 is 0 Å². The van der Waals surface area contributed by atoms with Gasteiger partial charge in [0.2, 0.25) is 11.8 Å². The Morgan fingerprint density at radius 3 is 2.83 bits per heavy atom. The van der Waals surface area contributed by atoms with E-state index in [0.29, 0.717) is 17.9 Å². The zero-order valence-electron chi connectivity index (χ0n) is 21.1. The number of fused-ring (bicyclic) bond motifs is 1. The van der Waals surface area contributed by atoms with Gasteiger partial charge in [-0.25, -0.2) is 15.0 Å². The lowest BCUT2D eigenvalue weighted by Crippen LogP contribution is -2.38. The van der Waals surface area contributed by atoms with Gasteiger partial charge in [0.1, 0.15) is 5.75 Å². The van der Waals surface area contributed by atoms with Crippen molar-refractivity contribution in [2.75, 3.05) is 30.3 Å². The second-order valence-electron chi connectivity index (χ2n) is 9.30. The second-order valence-corrected chi connectivity index (χ2v) is 9.30. The summed E-state index contributed by atoms with van der Waals surface area (Å²) in [5.74, 6) is 1.97. The molecular formula is C29H34N6O. The van der Waals surface area contributed by atoms with Crippen LogP contribution in [0.25, 0.3) is 22.0 Å². The van der Waals surface area contributed by atoms with Crippen molar-refractivity contribution in [3.63, 3.8) is 0 Å². The molecule has 3 heterocycles. The summed E-state index contributed by atoms with van der Waals surface area (Å²) in [5.41, 5.74) is 3.79. The molecule has 1 fully saturated rings. The summed E-state index contributed by atoms with van der Waals surface area (Å²) in [6.07, 6.45) is 8.09. The number of piperidine rings is 1. The third-order valence-corrected chi connectivity index (χ3v) is 6.59. The molecule has 1 aliphatic heterocycles. The van der Waals surface area contributed by atoms with Gasteiger partial charge in [-0.15, -0.1) is 0 Å². The van der Waals surface area contributed by atoms with Gasteiger partial charge in [0.05, 0.1) is 11.3 Å². The van der Waals surface area contributed by atoms with Crippen molar-refractivity contribution in [3.05, 3.63) is 66.5 Å². The molecule has 186 valence electrons. The molecule has 0 unspecified atom stereocenters. The maximum atomic E-state index is 6.55. The molecule has 7 heteroatoms. The van der Waals surface area contributed by atoms with Gasteiger partial charge in [-0.3, -0.25) is 0 Å². The minimum atomic E-state index is 0.331. The van der Waals surface area contributed by atoms with Gasteiger partial charge in [-0.1, -0.05) is 37.6 Å². The molecule has 36 heavy (non-hydrogen) atoms. The number of aromatic nitrogens is 3. The highest BCUT2D eigenvalue weighted by molar-refractivity contribution is 5.98. The molecule has 1 saturated heterocycles. The van der Waals surface area contributed by atoms with Crippen molar-refractivity contribution in [1.29, 1.82) is 0 Å². The van der Waals surface area contributed by atoms with Crippen molar-refractivity contribution in [3.8, 4) is 22.9 Å². The molecule has 0 radical (unpaired) electrons. The number of nitrogens with one attached hydrogen (secondary N) is 3. The van der Waals surface area contributed by atoms with Crippen molar-refractivity contribution < 1.29 is 4.74 Å². The van der Waals surface area contributed by atoms with Gasteiger partial charge in [0.25, 0.3) is 0 Å². The first-order valence-electron chi connectivity index (χ1n) is 12.9. The first-order valence-corrected chi connectivity index (χ1v) is 12.9. The predicted octanol–water partition coefficient (Wildman–Crippen LogP) is 6.17. The topological polar surface area (TPSA) is 84.0 Å². The van der Waals surface area contributed by atoms with Crippen molar-refractivity contribution >= 4 is 22.4 Å². The third kappa shape index (κ3) is 5.41. The van der Waals surface area contributed by atoms with Gasteiger partial charge in [0.15, 0.2) is 0 Å². The molecule has 0 amide bonds. The van der Waals surface area contributed by atoms with Crippen LogP contribution in [0.3, 0.4) is 0 Å². The second kappa shape index (κ2) is 11.4. The number of benzene rings is 2. The fourth-order valence-electron chi connectivity index (χ4n) is 4.63. The van der Waals surface area contributed by atoms with E-state index in [1.165, 1.54) is 0 Å². The van der Waals surface area contributed by atoms with E-state index < -0.39 is 0 Å². The Bertz CT molecular complexity index is 1320. The maximum Gasteiger partial charge on any atom is 0.228 e. The largest absolute Gasteiger partial charge is 0.437 e. The Hall–Kier alpha value is -3.71. The Labute approximate surface area is 212 Å². The van der Waals surface area contributed by atoms with Gasteiger partial charge in [-0.2, -0.15) is 0 Å². The van der Waals surface area contributed by atoms with Crippen LogP contribution in [0.5, 0.6) is 11.6 Å². The molecule has 0 aliphatic carbocycles. The molecule has 4 aromatic rings. The first-order chi connectivity index (χ1) is 17.7. The predicted molar refractivity (Wildman–Crippen MR) is 147 cm³/mol. The molecule has 2 aromatic carbocycles. The van der Waals surface area contributed by atoms with Crippen LogP contribution in [0.2, 0.25) is 0 Å². The molecule has 0 spiro atoms. The van der Waals surface area contributed by atoms with E-state index in [1.54, 1.807) is 12.4 Å². The van der Waals surface area contributed by atoms with Crippen LogP contribution in [-0.4, -0.2) is 40.6 Å². The molecule has 1 aliphatic rings. The number of pyridine rings is 1. The number of unbranched alkanes of at least 4 members (excludes halogenated alkanes) is 1. The average Bonchev–Trinajstić information content (AvgIpc) is 2.91. The number of nitrogens with zero attached hydrogens (tertiary/aromatic N) is 3. The number of aryl methyl sites for hydroxylation is 1. The SMILES string of the molecule is CCCCNc1cccc2c(Oc3ncccc3-c3ccnc(N[C@H]4CCCNC4)n3)c(C)ccc12. The number of hydrogen-bond acceptors (Lipinski definition) is 7. The van der Waals surface area contributed by atoms with Gasteiger partial charge < -0.3 is 20.7 Å². The Morgan fingerprint density at radius 2 is 1.97 bits per heavy atom. The Kier molecular flexibility index (Phi) is 7.57. The van der Waals surface area contributed by atoms with E-state index >= 15 is 0 Å². The lowest BCUT2D eigenvalue weighted by atomic mass is 10.0. The molecule has 0 saturated carbocycles. The van der Waals surface area contributed by atoms with E-state index in [4.69, 9.17) is 9.72 Å². The summed E-state index contributed by atoms with van der Waals surface area (Å²) in [5, 5.41) is 12.7. The van der Waals surface area contributed by atoms with Crippen LogP contribution in [0.15, 0.2) is 60.9 Å². The average molecular weight is 483 g/mol. The zero-order valence-corrected chi connectivity index (χ0v) is 21.1. The lowest BCUT2D eigenvalue weighted by Gasteiger charge is -2.23. The third-order valence-electron chi connectivity index (χ3n) is 6.59. The monoisotopic (exact) mass is 482 g/mol. The fourth-order valence-corrected chi connectivity index (χ4v) is 4.63. The Morgan fingerprint density at radius 1 is 1.03 bits per heavy atom. The summed E-state index contributed by atoms with van der Waals surface area (Å²) < 4.78 is 6.55. The molecule has 2 aromatic heterocycles. The number of hydrogen-bond donors (Lipinski definition) is 3. The summed E-state index contributed by atoms with van der Waals surface area (Å²) >= 11 is 0. The van der Waals surface area contributed by atoms with E-state index in [0.717, 1.165) is 84.3 Å². The highest BCUT2D eigenvalue weighted by Crippen LogP contribution is 2.38. The summed E-state index contributed by atoms with van der Waals surface area (Å²) in [6, 6.07) is 16.7. The number of rotatable bonds is 9. The van der Waals surface area contributed by atoms with Crippen LogP contribution < -0.4 is 20.7 Å². The number of anilines is 2. The zero-order chi connectivity index (χ0) is 24.7. The minimum Gasteiger partial charge on any atom is -0.437 e. The van der Waals surface area contributed by atoms with E-state index in [1.807, 2.05) is 18.2 Å². The number of ether oxygens (including phenoxy) is 1. The van der Waals surface area contributed by atoms with Crippen molar-refractivity contribution in [1.82, 2.24) is 20.3 Å².